The lowest BCUT2D eigenvalue weighted by Crippen LogP contribution is -2.50. The van der Waals surface area contributed by atoms with Crippen molar-refractivity contribution in [2.45, 2.75) is 32.2 Å². The number of aliphatic hydroxyl groups is 1. The van der Waals surface area contributed by atoms with E-state index in [1.165, 1.54) is 4.90 Å². The molecular formula is C11H21N3O5. The van der Waals surface area contributed by atoms with E-state index in [1.54, 1.807) is 0 Å². The fourth-order valence-electron chi connectivity index (χ4n) is 1.42. The normalized spacial score (nSPS) is 11.7. The fourth-order valence-corrected chi connectivity index (χ4v) is 1.42. The highest BCUT2D eigenvalue weighted by molar-refractivity contribution is 5.86. The van der Waals surface area contributed by atoms with Gasteiger partial charge in [-0.1, -0.05) is 13.3 Å². The number of primary amides is 1. The molecule has 0 radical (unpaired) electrons. The molecule has 8 nitrogen and oxygen atoms in total. The standard InChI is InChI=1S/C11H21N3O5/c1-2-3-5-14(7-9(12)16)11(19)13-8(4-6-15)10(17)18/h8,15H,2-7H2,1H3,(H2,12,16)(H,13,19)(H,17,18)/t8-/m1/s1. The summed E-state index contributed by atoms with van der Waals surface area (Å²) in [5, 5.41) is 19.8. The topological polar surface area (TPSA) is 133 Å². The Morgan fingerprint density at radius 3 is 2.42 bits per heavy atom. The summed E-state index contributed by atoms with van der Waals surface area (Å²) in [5.74, 6) is -1.91. The van der Waals surface area contributed by atoms with Crippen LogP contribution in [0.2, 0.25) is 0 Å². The molecule has 19 heavy (non-hydrogen) atoms. The van der Waals surface area contributed by atoms with Crippen molar-refractivity contribution in [2.24, 2.45) is 5.73 Å². The first-order chi connectivity index (χ1) is 8.92. The third-order valence-corrected chi connectivity index (χ3v) is 2.43. The molecule has 110 valence electrons. The average Bonchev–Trinajstić information content (AvgIpc) is 2.33. The molecular weight excluding hydrogens is 254 g/mol. The summed E-state index contributed by atoms with van der Waals surface area (Å²) in [6, 6.07) is -1.86. The number of carboxylic acid groups (broad SMARTS) is 1. The lowest BCUT2D eigenvalue weighted by molar-refractivity contribution is -0.139. The minimum Gasteiger partial charge on any atom is -0.480 e. The number of carbonyl (C=O) groups excluding carboxylic acids is 2. The number of hydrogen-bond donors (Lipinski definition) is 4. The van der Waals surface area contributed by atoms with Gasteiger partial charge in [0, 0.05) is 19.6 Å². The largest absolute Gasteiger partial charge is 0.480 e. The van der Waals surface area contributed by atoms with Crippen LogP contribution in [0.1, 0.15) is 26.2 Å². The van der Waals surface area contributed by atoms with E-state index in [-0.39, 0.29) is 19.6 Å². The predicted molar refractivity (Wildman–Crippen MR) is 67.3 cm³/mol. The molecule has 0 aliphatic heterocycles. The highest BCUT2D eigenvalue weighted by Gasteiger charge is 2.23. The summed E-state index contributed by atoms with van der Waals surface area (Å²) >= 11 is 0. The monoisotopic (exact) mass is 275 g/mol. The summed E-state index contributed by atoms with van der Waals surface area (Å²) in [4.78, 5) is 34.7. The van der Waals surface area contributed by atoms with Crippen LogP contribution in [-0.2, 0) is 9.59 Å². The number of nitrogens with one attached hydrogen (secondary N) is 1. The lowest BCUT2D eigenvalue weighted by atomic mass is 10.2. The molecule has 0 unspecified atom stereocenters. The first kappa shape index (κ1) is 17.2. The molecule has 0 aromatic heterocycles. The van der Waals surface area contributed by atoms with Crippen LogP contribution >= 0.6 is 0 Å². The number of carboxylic acids is 1. The number of aliphatic carboxylic acids is 1. The Hall–Kier alpha value is -1.83. The Labute approximate surface area is 111 Å². The number of rotatable bonds is 9. The third-order valence-electron chi connectivity index (χ3n) is 2.43. The Balaban J connectivity index is 4.58. The van der Waals surface area contributed by atoms with E-state index in [1.807, 2.05) is 6.92 Å². The molecule has 0 aromatic rings. The van der Waals surface area contributed by atoms with E-state index in [4.69, 9.17) is 15.9 Å². The first-order valence-electron chi connectivity index (χ1n) is 6.09. The molecule has 0 aromatic carbocycles. The summed E-state index contributed by atoms with van der Waals surface area (Å²) in [6.45, 7) is 1.61. The van der Waals surface area contributed by atoms with Crippen LogP contribution in [0, 0.1) is 0 Å². The number of urea groups is 1. The van der Waals surface area contributed by atoms with Gasteiger partial charge in [-0.25, -0.2) is 9.59 Å². The number of nitrogens with two attached hydrogens (primary N) is 1. The minimum absolute atomic E-state index is 0.0980. The smallest absolute Gasteiger partial charge is 0.326 e. The first-order valence-corrected chi connectivity index (χ1v) is 6.09. The zero-order chi connectivity index (χ0) is 14.8. The molecule has 5 N–H and O–H groups in total. The van der Waals surface area contributed by atoms with Crippen LogP contribution in [0.5, 0.6) is 0 Å². The van der Waals surface area contributed by atoms with Crippen LogP contribution in [0.25, 0.3) is 0 Å². The van der Waals surface area contributed by atoms with Gasteiger partial charge in [0.15, 0.2) is 0 Å². The van der Waals surface area contributed by atoms with Crippen molar-refractivity contribution in [1.29, 1.82) is 0 Å². The molecule has 8 heteroatoms. The maximum atomic E-state index is 11.8. The zero-order valence-corrected chi connectivity index (χ0v) is 11.0. The number of aliphatic hydroxyl groups excluding tert-OH is 1. The average molecular weight is 275 g/mol. The molecule has 0 saturated carbocycles. The molecule has 0 heterocycles. The van der Waals surface area contributed by atoms with Gasteiger partial charge in [0.25, 0.3) is 0 Å². The zero-order valence-electron chi connectivity index (χ0n) is 11.0. The van der Waals surface area contributed by atoms with Crippen molar-refractivity contribution in [3.63, 3.8) is 0 Å². The van der Waals surface area contributed by atoms with E-state index in [2.05, 4.69) is 5.32 Å². The molecule has 0 bridgehead atoms. The van der Waals surface area contributed by atoms with Crippen LogP contribution < -0.4 is 11.1 Å². The highest BCUT2D eigenvalue weighted by Crippen LogP contribution is 1.99. The van der Waals surface area contributed by atoms with Gasteiger partial charge in [-0.05, 0) is 6.42 Å². The SMILES string of the molecule is CCCCN(CC(N)=O)C(=O)N[C@H](CCO)C(=O)O. The van der Waals surface area contributed by atoms with Crippen molar-refractivity contribution < 1.29 is 24.6 Å². The van der Waals surface area contributed by atoms with Gasteiger partial charge >= 0.3 is 12.0 Å². The number of carbonyl (C=O) groups is 3. The van der Waals surface area contributed by atoms with Gasteiger partial charge in [0.05, 0.1) is 0 Å². The summed E-state index contributed by atoms with van der Waals surface area (Å²) in [7, 11) is 0. The van der Waals surface area contributed by atoms with Gasteiger partial charge in [-0.3, -0.25) is 4.79 Å². The van der Waals surface area contributed by atoms with Gasteiger partial charge in [-0.2, -0.15) is 0 Å². The molecule has 0 rings (SSSR count). The summed E-state index contributed by atoms with van der Waals surface area (Å²) in [5.41, 5.74) is 5.04. The van der Waals surface area contributed by atoms with Crippen LogP contribution in [0.15, 0.2) is 0 Å². The molecule has 0 saturated heterocycles. The maximum Gasteiger partial charge on any atom is 0.326 e. The molecule has 0 spiro atoms. The second-order valence-corrected chi connectivity index (χ2v) is 4.09. The second-order valence-electron chi connectivity index (χ2n) is 4.09. The van der Waals surface area contributed by atoms with Crippen LogP contribution in [-0.4, -0.2) is 58.8 Å². The van der Waals surface area contributed by atoms with Gasteiger partial charge in [0.1, 0.15) is 12.6 Å². The van der Waals surface area contributed by atoms with Crippen molar-refractivity contribution in [3.05, 3.63) is 0 Å². The van der Waals surface area contributed by atoms with E-state index in [0.717, 1.165) is 6.42 Å². The Kier molecular flexibility index (Phi) is 8.27. The van der Waals surface area contributed by atoms with E-state index >= 15 is 0 Å². The summed E-state index contributed by atoms with van der Waals surface area (Å²) in [6.07, 6.45) is 1.40. The molecule has 0 aliphatic carbocycles. The van der Waals surface area contributed by atoms with E-state index < -0.39 is 23.9 Å². The Bertz CT molecular complexity index is 321. The molecule has 3 amide bonds. The van der Waals surface area contributed by atoms with E-state index in [0.29, 0.717) is 13.0 Å². The summed E-state index contributed by atoms with van der Waals surface area (Å²) < 4.78 is 0. The van der Waals surface area contributed by atoms with Crippen molar-refractivity contribution in [1.82, 2.24) is 10.2 Å². The minimum atomic E-state index is -1.24. The highest BCUT2D eigenvalue weighted by atomic mass is 16.4. The second kappa shape index (κ2) is 9.15. The van der Waals surface area contributed by atoms with Crippen LogP contribution in [0.4, 0.5) is 4.79 Å². The predicted octanol–water partition coefficient (Wildman–Crippen LogP) is -0.881. The Morgan fingerprint density at radius 2 is 2.00 bits per heavy atom. The van der Waals surface area contributed by atoms with Gasteiger partial charge in [-0.15, -0.1) is 0 Å². The van der Waals surface area contributed by atoms with E-state index in [9.17, 15) is 14.4 Å². The quantitative estimate of drug-likeness (QED) is 0.433. The van der Waals surface area contributed by atoms with Gasteiger partial charge < -0.3 is 26.2 Å². The van der Waals surface area contributed by atoms with Crippen molar-refractivity contribution in [3.8, 4) is 0 Å². The molecule has 1 atom stereocenters. The number of nitrogens with zero attached hydrogens (tertiary/aromatic N) is 1. The molecule has 0 fully saturated rings. The number of unbranched alkanes of at least 4 members (excludes halogenated alkanes) is 1. The third kappa shape index (κ3) is 7.24. The Morgan fingerprint density at radius 1 is 1.37 bits per heavy atom. The number of amides is 3. The maximum absolute atomic E-state index is 11.8. The van der Waals surface area contributed by atoms with Crippen LogP contribution in [0.3, 0.4) is 0 Å². The van der Waals surface area contributed by atoms with Crippen molar-refractivity contribution >= 4 is 17.9 Å². The molecule has 0 aliphatic rings. The van der Waals surface area contributed by atoms with Crippen molar-refractivity contribution in [2.75, 3.05) is 19.7 Å². The number of hydrogen-bond acceptors (Lipinski definition) is 4. The fraction of sp³-hybridized carbons (Fsp3) is 0.727. The van der Waals surface area contributed by atoms with Gasteiger partial charge in [0.2, 0.25) is 5.91 Å². The lowest BCUT2D eigenvalue weighted by Gasteiger charge is -2.23.